The summed E-state index contributed by atoms with van der Waals surface area (Å²) in [6.07, 6.45) is -5.33. The zero-order valence-electron chi connectivity index (χ0n) is 12.1. The second-order valence-electron chi connectivity index (χ2n) is 4.74. The smallest absolute Gasteiger partial charge is 0.378 e. The average Bonchev–Trinajstić information content (AvgIpc) is 3.02. The van der Waals surface area contributed by atoms with Gasteiger partial charge in [0.15, 0.2) is 6.10 Å². The van der Waals surface area contributed by atoms with E-state index in [2.05, 4.69) is 20.0 Å². The molecule has 1 unspecified atom stereocenters. The summed E-state index contributed by atoms with van der Waals surface area (Å²) >= 11 is 0. The van der Waals surface area contributed by atoms with Crippen LogP contribution in [0.25, 0.3) is 11.4 Å². The van der Waals surface area contributed by atoms with Crippen LogP contribution in [0, 0.1) is 0 Å². The molecule has 2 N–H and O–H groups in total. The van der Waals surface area contributed by atoms with Crippen molar-refractivity contribution in [2.45, 2.75) is 25.6 Å². The van der Waals surface area contributed by atoms with Gasteiger partial charge in [0.25, 0.3) is 5.91 Å². The third kappa shape index (κ3) is 4.07. The summed E-state index contributed by atoms with van der Waals surface area (Å²) < 4.78 is 41.4. The molecule has 23 heavy (non-hydrogen) atoms. The topological polar surface area (TPSA) is 88.2 Å². The molecular weight excluding hydrogens is 315 g/mol. The third-order valence-electron chi connectivity index (χ3n) is 2.95. The Hall–Kier alpha value is -2.42. The number of carbonyl (C=O) groups is 1. The molecule has 0 saturated carbocycles. The first-order valence-corrected chi connectivity index (χ1v) is 6.80. The zero-order chi connectivity index (χ0) is 17.0. The Kier molecular flexibility index (Phi) is 4.99. The lowest BCUT2D eigenvalue weighted by Gasteiger charge is -2.11. The summed E-state index contributed by atoms with van der Waals surface area (Å²) in [4.78, 5) is 14.9. The molecule has 1 heterocycles. The number of aliphatic hydroxyl groups is 1. The minimum atomic E-state index is -4.71. The van der Waals surface area contributed by atoms with Crippen LogP contribution in [0.1, 0.15) is 30.9 Å². The normalized spacial score (nSPS) is 12.9. The maximum absolute atomic E-state index is 12.4. The fraction of sp³-hybridized carbons (Fsp3) is 0.357. The van der Waals surface area contributed by atoms with E-state index in [1.54, 1.807) is 0 Å². The van der Waals surface area contributed by atoms with E-state index in [1.807, 2.05) is 6.92 Å². The maximum atomic E-state index is 12.4. The number of alkyl halides is 3. The van der Waals surface area contributed by atoms with E-state index in [9.17, 15) is 23.1 Å². The number of nitrogens with one attached hydrogen (secondary N) is 1. The summed E-state index contributed by atoms with van der Waals surface area (Å²) in [7, 11) is 0. The van der Waals surface area contributed by atoms with Crippen LogP contribution in [-0.2, 0) is 11.0 Å². The molecule has 1 aromatic carbocycles. The molecule has 0 spiro atoms. The highest BCUT2D eigenvalue weighted by Gasteiger charge is 2.38. The van der Waals surface area contributed by atoms with E-state index in [4.69, 9.17) is 0 Å². The molecule has 6 nitrogen and oxygen atoms in total. The van der Waals surface area contributed by atoms with Crippen LogP contribution in [-0.4, -0.2) is 27.7 Å². The Labute approximate surface area is 129 Å². The molecular formula is C14H14F3N3O3. The van der Waals surface area contributed by atoms with Gasteiger partial charge in [-0.2, -0.15) is 18.2 Å². The lowest BCUT2D eigenvalue weighted by molar-refractivity contribution is -0.159. The Morgan fingerprint density at radius 3 is 2.52 bits per heavy atom. The maximum Gasteiger partial charge on any atom is 0.471 e. The summed E-state index contributed by atoms with van der Waals surface area (Å²) in [6, 6.07) is 5.62. The van der Waals surface area contributed by atoms with Gasteiger partial charge >= 0.3 is 12.1 Å². The van der Waals surface area contributed by atoms with Crippen LogP contribution in [0.2, 0.25) is 0 Å². The van der Waals surface area contributed by atoms with Gasteiger partial charge in [-0.15, -0.1) is 0 Å². The molecule has 0 radical (unpaired) electrons. The van der Waals surface area contributed by atoms with Gasteiger partial charge < -0.3 is 14.9 Å². The number of hydrogen-bond acceptors (Lipinski definition) is 5. The number of aliphatic hydroxyl groups excluding tert-OH is 1. The molecule has 0 fully saturated rings. The van der Waals surface area contributed by atoms with E-state index in [0.717, 1.165) is 6.42 Å². The fourth-order valence-corrected chi connectivity index (χ4v) is 1.77. The number of benzene rings is 1. The van der Waals surface area contributed by atoms with Crippen LogP contribution in [0.4, 0.5) is 13.2 Å². The predicted octanol–water partition coefficient (Wildman–Crippen LogP) is 2.32. The third-order valence-corrected chi connectivity index (χ3v) is 2.95. The Morgan fingerprint density at radius 2 is 2.00 bits per heavy atom. The monoisotopic (exact) mass is 329 g/mol. The molecule has 1 amide bonds. The number of carbonyl (C=O) groups excluding carboxylic acids is 1. The summed E-state index contributed by atoms with van der Waals surface area (Å²) in [5.41, 5.74) is 0.580. The van der Waals surface area contributed by atoms with Gasteiger partial charge in [0.05, 0.1) is 0 Å². The van der Waals surface area contributed by atoms with E-state index >= 15 is 0 Å². The standard InChI is InChI=1S/C14H14F3N3O3/c1-2-7-18-12(22)10(21)8-3-5-9(6-4-8)11-19-13(23-20-11)14(15,16)17/h3-6,10,21H,2,7H2,1H3,(H,18,22). The molecule has 0 saturated heterocycles. The van der Waals surface area contributed by atoms with E-state index in [1.165, 1.54) is 24.3 Å². The van der Waals surface area contributed by atoms with Crippen molar-refractivity contribution in [3.8, 4) is 11.4 Å². The van der Waals surface area contributed by atoms with Gasteiger partial charge in [-0.1, -0.05) is 36.3 Å². The zero-order valence-corrected chi connectivity index (χ0v) is 12.1. The number of nitrogens with zero attached hydrogens (tertiary/aromatic N) is 2. The number of halogens is 3. The lowest BCUT2D eigenvalue weighted by Crippen LogP contribution is -2.29. The van der Waals surface area contributed by atoms with E-state index < -0.39 is 24.1 Å². The number of hydrogen-bond donors (Lipinski definition) is 2. The first-order chi connectivity index (χ1) is 10.8. The molecule has 9 heteroatoms. The largest absolute Gasteiger partial charge is 0.471 e. The van der Waals surface area contributed by atoms with Crippen molar-refractivity contribution >= 4 is 5.91 Å². The minimum absolute atomic E-state index is 0.228. The SMILES string of the molecule is CCCNC(=O)C(O)c1ccc(-c2noc(C(F)(F)F)n2)cc1. The van der Waals surface area contributed by atoms with Gasteiger partial charge in [-0.05, 0) is 12.0 Å². The van der Waals surface area contributed by atoms with Gasteiger partial charge in [0.2, 0.25) is 5.82 Å². The Morgan fingerprint density at radius 1 is 1.35 bits per heavy atom. The van der Waals surface area contributed by atoms with Crippen molar-refractivity contribution < 1.29 is 27.6 Å². The van der Waals surface area contributed by atoms with Gasteiger partial charge in [-0.3, -0.25) is 4.79 Å². The highest BCUT2D eigenvalue weighted by molar-refractivity contribution is 5.82. The highest BCUT2D eigenvalue weighted by atomic mass is 19.4. The molecule has 0 aliphatic rings. The Balaban J connectivity index is 2.13. The van der Waals surface area contributed by atoms with Gasteiger partial charge in [0.1, 0.15) is 0 Å². The van der Waals surface area contributed by atoms with Crippen LogP contribution in [0.5, 0.6) is 0 Å². The molecule has 1 aromatic heterocycles. The first kappa shape index (κ1) is 16.9. The average molecular weight is 329 g/mol. The second kappa shape index (κ2) is 6.78. The lowest BCUT2D eigenvalue weighted by atomic mass is 10.1. The van der Waals surface area contributed by atoms with Crippen LogP contribution in [0.15, 0.2) is 28.8 Å². The first-order valence-electron chi connectivity index (χ1n) is 6.80. The molecule has 0 bridgehead atoms. The minimum Gasteiger partial charge on any atom is -0.378 e. The molecule has 0 aliphatic carbocycles. The Bertz CT molecular complexity index is 668. The molecule has 2 aromatic rings. The van der Waals surface area contributed by atoms with E-state index in [-0.39, 0.29) is 11.4 Å². The van der Waals surface area contributed by atoms with Crippen molar-refractivity contribution in [3.63, 3.8) is 0 Å². The quantitative estimate of drug-likeness (QED) is 0.879. The molecule has 0 aliphatic heterocycles. The van der Waals surface area contributed by atoms with Crippen molar-refractivity contribution in [1.29, 1.82) is 0 Å². The summed E-state index contributed by atoms with van der Waals surface area (Å²) in [5.74, 6) is -2.21. The second-order valence-corrected chi connectivity index (χ2v) is 4.74. The van der Waals surface area contributed by atoms with Crippen LogP contribution >= 0.6 is 0 Å². The number of aromatic nitrogens is 2. The number of amides is 1. The predicted molar refractivity (Wildman–Crippen MR) is 73.0 cm³/mol. The van der Waals surface area contributed by atoms with Crippen molar-refractivity contribution in [2.75, 3.05) is 6.54 Å². The van der Waals surface area contributed by atoms with Crippen LogP contribution in [0.3, 0.4) is 0 Å². The summed E-state index contributed by atoms with van der Waals surface area (Å²) in [6.45, 7) is 2.32. The molecule has 2 rings (SSSR count). The van der Waals surface area contributed by atoms with Gasteiger partial charge in [0, 0.05) is 12.1 Å². The highest BCUT2D eigenvalue weighted by Crippen LogP contribution is 2.29. The molecule has 1 atom stereocenters. The van der Waals surface area contributed by atoms with E-state index in [0.29, 0.717) is 12.1 Å². The van der Waals surface area contributed by atoms with Gasteiger partial charge in [-0.25, -0.2) is 0 Å². The van der Waals surface area contributed by atoms with Crippen molar-refractivity contribution in [1.82, 2.24) is 15.5 Å². The molecule has 124 valence electrons. The van der Waals surface area contributed by atoms with Crippen LogP contribution < -0.4 is 5.32 Å². The summed E-state index contributed by atoms with van der Waals surface area (Å²) in [5, 5.41) is 15.7. The fourth-order valence-electron chi connectivity index (χ4n) is 1.77. The van der Waals surface area contributed by atoms with Crippen molar-refractivity contribution in [3.05, 3.63) is 35.7 Å². The number of rotatable bonds is 5. The van der Waals surface area contributed by atoms with Crippen molar-refractivity contribution in [2.24, 2.45) is 0 Å².